The van der Waals surface area contributed by atoms with Gasteiger partial charge in [-0.3, -0.25) is 9.59 Å². The maximum Gasteiger partial charge on any atom is 0.197 e. The third kappa shape index (κ3) is 3.28. The normalized spacial score (nSPS) is 16.8. The average Bonchev–Trinajstić information content (AvgIpc) is 3.60. The number of allylic oxidation sites excluding steroid dienone is 1. The molecule has 2 aliphatic rings. The molecule has 1 aliphatic heterocycles. The smallest absolute Gasteiger partial charge is 0.197 e. The van der Waals surface area contributed by atoms with Crippen molar-refractivity contribution in [3.8, 4) is 0 Å². The Kier molecular flexibility index (Phi) is 4.82. The molecule has 0 radical (unpaired) electrons. The molecule has 3 nitrogen and oxygen atoms in total. The number of halogens is 1. The highest BCUT2D eigenvalue weighted by Crippen LogP contribution is 2.42. The van der Waals surface area contributed by atoms with Crippen molar-refractivity contribution in [3.05, 3.63) is 106 Å². The van der Waals surface area contributed by atoms with Gasteiger partial charge in [0.1, 0.15) is 18.9 Å². The number of carbonyl (C=O) groups excluding carboxylic acids is 2. The first-order valence-electron chi connectivity index (χ1n) is 11.9. The van der Waals surface area contributed by atoms with Crippen LogP contribution in [0.5, 0.6) is 0 Å². The monoisotopic (exact) mass is 537 g/mol. The lowest BCUT2D eigenvalue weighted by Gasteiger charge is -2.40. The molecule has 0 saturated carbocycles. The summed E-state index contributed by atoms with van der Waals surface area (Å²) in [6.45, 7) is 4.51. The molecule has 0 atom stereocenters. The summed E-state index contributed by atoms with van der Waals surface area (Å²) in [5.74, 6) is -0.671. The van der Waals surface area contributed by atoms with E-state index in [-0.39, 0.29) is 23.0 Å². The molecule has 3 heterocycles. The number of thiophene rings is 2. The second-order valence-electron chi connectivity index (χ2n) is 9.89. The molecule has 0 bridgehead atoms. The van der Waals surface area contributed by atoms with Crippen LogP contribution < -0.4 is 15.3 Å². The average molecular weight is 538 g/mol. The van der Waals surface area contributed by atoms with E-state index in [4.69, 9.17) is 0 Å². The van der Waals surface area contributed by atoms with Gasteiger partial charge in [-0.2, -0.15) is 0 Å². The third-order valence-corrected chi connectivity index (χ3v) is 12.8. The lowest BCUT2D eigenvalue weighted by Crippen LogP contribution is -2.58. The molecule has 0 fully saturated rings. The van der Waals surface area contributed by atoms with E-state index < -0.39 is 8.07 Å². The summed E-state index contributed by atoms with van der Waals surface area (Å²) in [6.07, 6.45) is 1.72. The number of ketones is 2. The molecule has 0 unspecified atom stereocenters. The first kappa shape index (κ1) is 22.5. The molecular weight excluding hydrogens is 518 g/mol. The maximum atomic E-state index is 14.4. The molecule has 7 heteroatoms. The SMILES string of the molecule is C[Si]1(C)c2ccccc2N(c2ccc(/C=C3/C(=O)c4cc5ccsc5cc4C3=O)s2)c2ccc(F)cc21. The Morgan fingerprint density at radius 3 is 2.43 bits per heavy atom. The summed E-state index contributed by atoms with van der Waals surface area (Å²) in [7, 11) is -2.11. The number of Topliss-reactive ketones (excluding diaryl/α,β-unsaturated/α-hetero) is 2. The topological polar surface area (TPSA) is 37.4 Å². The fourth-order valence-electron chi connectivity index (χ4n) is 5.51. The number of anilines is 3. The van der Waals surface area contributed by atoms with E-state index in [1.807, 2.05) is 53.9 Å². The minimum Gasteiger partial charge on any atom is -0.302 e. The Balaban J connectivity index is 1.32. The van der Waals surface area contributed by atoms with Gasteiger partial charge in [-0.25, -0.2) is 4.39 Å². The molecule has 3 aromatic carbocycles. The Hall–Kier alpha value is -3.65. The molecule has 37 heavy (non-hydrogen) atoms. The molecule has 0 N–H and O–H groups in total. The van der Waals surface area contributed by atoms with Gasteiger partial charge in [0, 0.05) is 32.1 Å². The second-order valence-corrected chi connectivity index (χ2v) is 16.3. The number of nitrogens with zero attached hydrogens (tertiary/aromatic N) is 1. The highest BCUT2D eigenvalue weighted by atomic mass is 32.1. The van der Waals surface area contributed by atoms with Gasteiger partial charge in [0.2, 0.25) is 0 Å². The van der Waals surface area contributed by atoms with Crippen molar-refractivity contribution in [1.82, 2.24) is 0 Å². The minimum absolute atomic E-state index is 0.205. The van der Waals surface area contributed by atoms with Crippen LogP contribution in [0, 0.1) is 5.82 Å². The van der Waals surface area contributed by atoms with Crippen LogP contribution in [0.15, 0.2) is 83.7 Å². The van der Waals surface area contributed by atoms with Gasteiger partial charge >= 0.3 is 0 Å². The fraction of sp³-hybridized carbons (Fsp3) is 0.0667. The van der Waals surface area contributed by atoms with Crippen molar-refractivity contribution in [2.75, 3.05) is 4.90 Å². The van der Waals surface area contributed by atoms with Gasteiger partial charge in [0.15, 0.2) is 11.6 Å². The van der Waals surface area contributed by atoms with Gasteiger partial charge in [-0.1, -0.05) is 31.3 Å². The Bertz CT molecular complexity index is 1780. The number of para-hydroxylation sites is 1. The minimum atomic E-state index is -2.11. The van der Waals surface area contributed by atoms with Crippen LogP contribution in [0.3, 0.4) is 0 Å². The van der Waals surface area contributed by atoms with Gasteiger partial charge in [0.05, 0.1) is 5.57 Å². The van der Waals surface area contributed by atoms with Gasteiger partial charge in [0.25, 0.3) is 0 Å². The second kappa shape index (κ2) is 7.92. The van der Waals surface area contributed by atoms with Crippen molar-refractivity contribution >= 4 is 85.2 Å². The van der Waals surface area contributed by atoms with Crippen molar-refractivity contribution in [2.45, 2.75) is 13.1 Å². The molecule has 7 rings (SSSR count). The molecule has 2 aromatic heterocycles. The summed E-state index contributed by atoms with van der Waals surface area (Å²) in [4.78, 5) is 29.4. The van der Waals surface area contributed by atoms with E-state index in [2.05, 4.69) is 30.1 Å². The lowest BCUT2D eigenvalue weighted by molar-refractivity contribution is 0.0990. The molecule has 0 spiro atoms. The first-order valence-corrected chi connectivity index (χ1v) is 16.6. The maximum absolute atomic E-state index is 14.4. The highest BCUT2D eigenvalue weighted by molar-refractivity contribution is 7.17. The van der Waals surface area contributed by atoms with E-state index >= 15 is 0 Å². The standard InChI is InChI=1S/C30H20FNO2S2Si/c1-37(2)26-6-4-3-5-23(26)32(24-9-7-18(31)14-27(24)37)28-10-8-19(36-28)15-22-29(33)20-13-17-11-12-35-25(17)16-21(20)30(22)34/h3-16H,1-2H3/b22-15-. The Labute approximate surface area is 222 Å². The van der Waals surface area contributed by atoms with Crippen LogP contribution in [0.1, 0.15) is 25.6 Å². The number of rotatable bonds is 2. The quantitative estimate of drug-likeness (QED) is 0.136. The van der Waals surface area contributed by atoms with Crippen LogP contribution in [-0.2, 0) is 0 Å². The van der Waals surface area contributed by atoms with Gasteiger partial charge in [-0.15, -0.1) is 22.7 Å². The largest absolute Gasteiger partial charge is 0.302 e. The van der Waals surface area contributed by atoms with Crippen LogP contribution in [0.4, 0.5) is 20.8 Å². The number of hydrogen-bond donors (Lipinski definition) is 0. The van der Waals surface area contributed by atoms with Gasteiger partial charge < -0.3 is 4.90 Å². The van der Waals surface area contributed by atoms with Crippen molar-refractivity contribution < 1.29 is 14.0 Å². The zero-order chi connectivity index (χ0) is 25.5. The number of carbonyl (C=O) groups is 2. The number of benzene rings is 3. The Morgan fingerprint density at radius 2 is 1.59 bits per heavy atom. The van der Waals surface area contributed by atoms with E-state index in [1.165, 1.54) is 22.6 Å². The summed E-state index contributed by atoms with van der Waals surface area (Å²) >= 11 is 3.08. The number of hydrogen-bond acceptors (Lipinski definition) is 5. The first-order chi connectivity index (χ1) is 17.8. The van der Waals surface area contributed by atoms with E-state index in [9.17, 15) is 14.0 Å². The zero-order valence-electron chi connectivity index (χ0n) is 20.0. The molecule has 1 aliphatic carbocycles. The van der Waals surface area contributed by atoms with Crippen molar-refractivity contribution in [1.29, 1.82) is 0 Å². The van der Waals surface area contributed by atoms with Crippen LogP contribution in [0.2, 0.25) is 13.1 Å². The van der Waals surface area contributed by atoms with Crippen LogP contribution in [-0.4, -0.2) is 19.6 Å². The lowest BCUT2D eigenvalue weighted by atomic mass is 10.1. The third-order valence-electron chi connectivity index (χ3n) is 7.38. The summed E-state index contributed by atoms with van der Waals surface area (Å²) in [6, 6.07) is 23.0. The molecular formula is C30H20FNO2S2Si. The number of fused-ring (bicyclic) bond motifs is 4. The summed E-state index contributed by atoms with van der Waals surface area (Å²) in [5, 5.41) is 6.20. The Morgan fingerprint density at radius 1 is 0.838 bits per heavy atom. The van der Waals surface area contributed by atoms with E-state index in [1.54, 1.807) is 23.5 Å². The predicted molar refractivity (Wildman–Crippen MR) is 154 cm³/mol. The van der Waals surface area contributed by atoms with Crippen molar-refractivity contribution in [3.63, 3.8) is 0 Å². The van der Waals surface area contributed by atoms with E-state index in [0.29, 0.717) is 11.1 Å². The van der Waals surface area contributed by atoms with Crippen molar-refractivity contribution in [2.24, 2.45) is 0 Å². The molecule has 180 valence electrons. The highest BCUT2D eigenvalue weighted by Gasteiger charge is 2.39. The van der Waals surface area contributed by atoms with Crippen LogP contribution in [0.25, 0.3) is 16.2 Å². The van der Waals surface area contributed by atoms with E-state index in [0.717, 1.165) is 36.5 Å². The molecule has 0 saturated heterocycles. The fourth-order valence-corrected chi connectivity index (χ4v) is 10.3. The summed E-state index contributed by atoms with van der Waals surface area (Å²) < 4.78 is 15.4. The van der Waals surface area contributed by atoms with Crippen LogP contribution >= 0.6 is 22.7 Å². The predicted octanol–water partition coefficient (Wildman–Crippen LogP) is 7.17. The molecule has 0 amide bonds. The molecule has 5 aromatic rings. The summed E-state index contributed by atoms with van der Waals surface area (Å²) in [5.41, 5.74) is 3.25. The zero-order valence-corrected chi connectivity index (χ0v) is 22.7. The van der Waals surface area contributed by atoms with Gasteiger partial charge in [-0.05, 0) is 81.8 Å².